The SMILES string of the molecule is Clc1cc(-c2ccc(-c3cc(-c4ccccc4)nc(-c4ccccc4)c3)cc2)cc(-c2nc(-c3ccccc3)nc(-c3ccccc3)n2)c1. The Morgan fingerprint density at radius 1 is 0.265 bits per heavy atom. The zero-order valence-electron chi connectivity index (χ0n) is 26.4. The highest BCUT2D eigenvalue weighted by atomic mass is 35.5. The van der Waals surface area contributed by atoms with Gasteiger partial charge in [-0.1, -0.05) is 157 Å². The van der Waals surface area contributed by atoms with Crippen molar-refractivity contribution in [3.8, 4) is 78.9 Å². The van der Waals surface area contributed by atoms with Crippen molar-refractivity contribution in [3.63, 3.8) is 0 Å². The molecular formula is C44H29ClN4. The fourth-order valence-corrected chi connectivity index (χ4v) is 6.12. The second kappa shape index (κ2) is 13.5. The van der Waals surface area contributed by atoms with Crippen molar-refractivity contribution in [2.75, 3.05) is 0 Å². The predicted octanol–water partition coefficient (Wildman–Crippen LogP) is 11.6. The highest BCUT2D eigenvalue weighted by Gasteiger charge is 2.15. The van der Waals surface area contributed by atoms with Gasteiger partial charge in [0.1, 0.15) is 0 Å². The summed E-state index contributed by atoms with van der Waals surface area (Å²) in [5, 5.41) is 0.605. The molecule has 8 aromatic rings. The molecule has 5 heteroatoms. The minimum atomic E-state index is 0.562. The number of aromatic nitrogens is 4. The fourth-order valence-electron chi connectivity index (χ4n) is 5.89. The topological polar surface area (TPSA) is 51.6 Å². The van der Waals surface area contributed by atoms with Gasteiger partial charge in [-0.05, 0) is 52.6 Å². The van der Waals surface area contributed by atoms with E-state index in [1.165, 1.54) is 0 Å². The molecule has 0 N–H and O–H groups in total. The summed E-state index contributed by atoms with van der Waals surface area (Å²) in [5.41, 5.74) is 10.9. The zero-order chi connectivity index (χ0) is 33.0. The first-order valence-corrected chi connectivity index (χ1v) is 16.5. The molecule has 6 aromatic carbocycles. The molecule has 0 unspecified atom stereocenters. The first-order valence-electron chi connectivity index (χ1n) is 16.1. The molecule has 0 aliphatic heterocycles. The van der Waals surface area contributed by atoms with E-state index in [4.69, 9.17) is 31.5 Å². The molecule has 0 spiro atoms. The lowest BCUT2D eigenvalue weighted by atomic mass is 9.97. The Labute approximate surface area is 290 Å². The van der Waals surface area contributed by atoms with E-state index >= 15 is 0 Å². The fraction of sp³-hybridized carbons (Fsp3) is 0. The molecule has 0 amide bonds. The molecule has 49 heavy (non-hydrogen) atoms. The lowest BCUT2D eigenvalue weighted by molar-refractivity contribution is 1.07. The summed E-state index contributed by atoms with van der Waals surface area (Å²) >= 11 is 6.76. The summed E-state index contributed by atoms with van der Waals surface area (Å²) in [7, 11) is 0. The van der Waals surface area contributed by atoms with Crippen molar-refractivity contribution in [2.24, 2.45) is 0 Å². The van der Waals surface area contributed by atoms with Gasteiger partial charge in [0.2, 0.25) is 0 Å². The van der Waals surface area contributed by atoms with Gasteiger partial charge in [0.05, 0.1) is 11.4 Å². The van der Waals surface area contributed by atoms with Crippen molar-refractivity contribution in [2.45, 2.75) is 0 Å². The first-order chi connectivity index (χ1) is 24.2. The number of rotatable bonds is 7. The van der Waals surface area contributed by atoms with Gasteiger partial charge < -0.3 is 0 Å². The van der Waals surface area contributed by atoms with Crippen molar-refractivity contribution in [3.05, 3.63) is 181 Å². The third-order valence-corrected chi connectivity index (χ3v) is 8.59. The van der Waals surface area contributed by atoms with E-state index in [0.29, 0.717) is 22.5 Å². The molecule has 0 saturated carbocycles. The van der Waals surface area contributed by atoms with E-state index in [9.17, 15) is 0 Å². The van der Waals surface area contributed by atoms with Gasteiger partial charge in [0, 0.05) is 32.8 Å². The Kier molecular flexibility index (Phi) is 8.29. The second-order valence-electron chi connectivity index (χ2n) is 11.7. The molecule has 0 bridgehead atoms. The monoisotopic (exact) mass is 648 g/mol. The molecular weight excluding hydrogens is 620 g/mol. The highest BCUT2D eigenvalue weighted by molar-refractivity contribution is 6.31. The van der Waals surface area contributed by atoms with Gasteiger partial charge in [-0.2, -0.15) is 0 Å². The van der Waals surface area contributed by atoms with Crippen LogP contribution in [-0.2, 0) is 0 Å². The lowest BCUT2D eigenvalue weighted by Crippen LogP contribution is -2.00. The summed E-state index contributed by atoms with van der Waals surface area (Å²) in [6.07, 6.45) is 0. The van der Waals surface area contributed by atoms with Crippen molar-refractivity contribution in [1.29, 1.82) is 0 Å². The predicted molar refractivity (Wildman–Crippen MR) is 201 cm³/mol. The van der Waals surface area contributed by atoms with Crippen LogP contribution in [0.25, 0.3) is 78.9 Å². The van der Waals surface area contributed by atoms with Gasteiger partial charge in [0.25, 0.3) is 0 Å². The molecule has 8 rings (SSSR count). The molecule has 0 saturated heterocycles. The van der Waals surface area contributed by atoms with Crippen molar-refractivity contribution >= 4 is 11.6 Å². The maximum Gasteiger partial charge on any atom is 0.164 e. The Morgan fingerprint density at radius 3 is 1.04 bits per heavy atom. The number of hydrogen-bond acceptors (Lipinski definition) is 4. The molecule has 4 nitrogen and oxygen atoms in total. The summed E-state index contributed by atoms with van der Waals surface area (Å²) in [6.45, 7) is 0. The number of nitrogens with zero attached hydrogens (tertiary/aromatic N) is 4. The largest absolute Gasteiger partial charge is 0.248 e. The van der Waals surface area contributed by atoms with E-state index in [1.54, 1.807) is 0 Å². The van der Waals surface area contributed by atoms with Crippen LogP contribution in [0.15, 0.2) is 176 Å². The molecule has 0 fully saturated rings. The van der Waals surface area contributed by atoms with Crippen LogP contribution >= 0.6 is 11.6 Å². The normalized spacial score (nSPS) is 11.0. The van der Waals surface area contributed by atoms with Gasteiger partial charge in [0.15, 0.2) is 17.5 Å². The van der Waals surface area contributed by atoms with Crippen molar-refractivity contribution < 1.29 is 0 Å². The average Bonchev–Trinajstić information content (AvgIpc) is 3.19. The molecule has 232 valence electrons. The van der Waals surface area contributed by atoms with Crippen LogP contribution in [0.4, 0.5) is 0 Å². The summed E-state index contributed by atoms with van der Waals surface area (Å²) < 4.78 is 0. The number of halogens is 1. The zero-order valence-corrected chi connectivity index (χ0v) is 27.2. The van der Waals surface area contributed by atoms with Gasteiger partial charge in [-0.25, -0.2) is 19.9 Å². The number of hydrogen-bond donors (Lipinski definition) is 0. The first kappa shape index (κ1) is 30.1. The van der Waals surface area contributed by atoms with E-state index < -0.39 is 0 Å². The quantitative estimate of drug-likeness (QED) is 0.172. The van der Waals surface area contributed by atoms with Crippen molar-refractivity contribution in [1.82, 2.24) is 19.9 Å². The second-order valence-corrected chi connectivity index (χ2v) is 12.1. The molecule has 0 aliphatic rings. The third kappa shape index (κ3) is 6.64. The van der Waals surface area contributed by atoms with Gasteiger partial charge in [-0.15, -0.1) is 0 Å². The summed E-state index contributed by atoms with van der Waals surface area (Å²) in [5.74, 6) is 1.78. The van der Waals surface area contributed by atoms with Crippen LogP contribution in [0.3, 0.4) is 0 Å². The van der Waals surface area contributed by atoms with E-state index in [-0.39, 0.29) is 0 Å². The number of benzene rings is 6. The molecule has 0 radical (unpaired) electrons. The maximum atomic E-state index is 6.76. The van der Waals surface area contributed by atoms with E-state index in [2.05, 4.69) is 66.7 Å². The Bertz CT molecular complexity index is 2250. The maximum absolute atomic E-state index is 6.76. The van der Waals surface area contributed by atoms with Crippen LogP contribution in [0.1, 0.15) is 0 Å². The van der Waals surface area contributed by atoms with Crippen LogP contribution in [0, 0.1) is 0 Å². The number of pyridine rings is 1. The van der Waals surface area contributed by atoms with Crippen LogP contribution in [-0.4, -0.2) is 19.9 Å². The third-order valence-electron chi connectivity index (χ3n) is 8.37. The highest BCUT2D eigenvalue weighted by Crippen LogP contribution is 2.34. The average molecular weight is 649 g/mol. The van der Waals surface area contributed by atoms with Gasteiger partial charge >= 0.3 is 0 Å². The van der Waals surface area contributed by atoms with E-state index in [0.717, 1.165) is 61.5 Å². The Balaban J connectivity index is 1.18. The molecule has 0 atom stereocenters. The minimum Gasteiger partial charge on any atom is -0.248 e. The van der Waals surface area contributed by atoms with Gasteiger partial charge in [-0.3, -0.25) is 0 Å². The smallest absolute Gasteiger partial charge is 0.164 e. The minimum absolute atomic E-state index is 0.562. The Hall–Kier alpha value is -6.23. The van der Waals surface area contributed by atoms with Crippen LogP contribution in [0.2, 0.25) is 5.02 Å². The summed E-state index contributed by atoms with van der Waals surface area (Å²) in [6, 6.07) is 59.4. The summed E-state index contributed by atoms with van der Waals surface area (Å²) in [4.78, 5) is 19.7. The molecule has 2 aromatic heterocycles. The van der Waals surface area contributed by atoms with Crippen LogP contribution < -0.4 is 0 Å². The molecule has 0 aliphatic carbocycles. The van der Waals surface area contributed by atoms with E-state index in [1.807, 2.05) is 109 Å². The molecule has 2 heterocycles. The van der Waals surface area contributed by atoms with Crippen LogP contribution in [0.5, 0.6) is 0 Å². The standard InChI is InChI=1S/C44H29ClN4/c45-39-26-36(25-38(27-39)44-48-42(34-17-9-3-10-18-34)47-43(49-44)35-19-11-4-12-20-35)30-21-23-31(24-22-30)37-28-40(32-13-5-1-6-14-32)46-41(29-37)33-15-7-2-8-16-33/h1-29H. The lowest BCUT2D eigenvalue weighted by Gasteiger charge is -2.12. The Morgan fingerprint density at radius 2 is 0.612 bits per heavy atom.